The smallest absolute Gasteiger partial charge is 0.258 e. The number of carbonyl (C=O) groups is 1. The molecule has 0 saturated heterocycles. The first-order valence-corrected chi connectivity index (χ1v) is 5.40. The number of rotatable bonds is 3. The van der Waals surface area contributed by atoms with E-state index in [1.165, 1.54) is 19.2 Å². The minimum Gasteiger partial charge on any atom is -0.497 e. The highest BCUT2D eigenvalue weighted by molar-refractivity contribution is 6.04. The fourth-order valence-corrected chi connectivity index (χ4v) is 1.53. The van der Waals surface area contributed by atoms with Crippen LogP contribution in [0.2, 0.25) is 0 Å². The Kier molecular flexibility index (Phi) is 3.57. The summed E-state index contributed by atoms with van der Waals surface area (Å²) in [5, 5.41) is 2.62. The molecule has 1 amide bonds. The lowest BCUT2D eigenvalue weighted by Gasteiger charge is -2.07. The molecule has 0 fully saturated rings. The van der Waals surface area contributed by atoms with Gasteiger partial charge in [-0.3, -0.25) is 4.79 Å². The van der Waals surface area contributed by atoms with Crippen LogP contribution in [0.15, 0.2) is 48.5 Å². The molecule has 0 heterocycles. The van der Waals surface area contributed by atoms with Crippen LogP contribution in [0.4, 0.5) is 10.1 Å². The number of anilines is 1. The van der Waals surface area contributed by atoms with Crippen LogP contribution in [0.25, 0.3) is 0 Å². The third kappa shape index (κ3) is 2.66. The maximum absolute atomic E-state index is 13.6. The van der Waals surface area contributed by atoms with E-state index in [1.807, 2.05) is 6.07 Å². The zero-order valence-corrected chi connectivity index (χ0v) is 9.81. The highest BCUT2D eigenvalue weighted by Crippen LogP contribution is 2.17. The van der Waals surface area contributed by atoms with Crippen LogP contribution in [0.3, 0.4) is 0 Å². The van der Waals surface area contributed by atoms with Gasteiger partial charge >= 0.3 is 0 Å². The van der Waals surface area contributed by atoms with E-state index in [1.54, 1.807) is 30.3 Å². The summed E-state index contributed by atoms with van der Waals surface area (Å²) >= 11 is 0. The quantitative estimate of drug-likeness (QED) is 0.902. The molecule has 0 unspecified atom stereocenters. The Morgan fingerprint density at radius 2 is 1.89 bits per heavy atom. The predicted molar refractivity (Wildman–Crippen MR) is 67.3 cm³/mol. The highest BCUT2D eigenvalue weighted by atomic mass is 19.1. The molecule has 0 aliphatic carbocycles. The number of para-hydroxylation sites is 1. The molecule has 0 atom stereocenters. The molecule has 0 saturated carbocycles. The summed E-state index contributed by atoms with van der Waals surface area (Å²) in [5.41, 5.74) is 0.609. The van der Waals surface area contributed by atoms with Gasteiger partial charge in [-0.25, -0.2) is 4.39 Å². The van der Waals surface area contributed by atoms with E-state index >= 15 is 0 Å². The number of carbonyl (C=O) groups excluding carboxylic acids is 1. The van der Waals surface area contributed by atoms with Gasteiger partial charge in [-0.2, -0.15) is 0 Å². The fourth-order valence-electron chi connectivity index (χ4n) is 1.53. The van der Waals surface area contributed by atoms with Gasteiger partial charge in [0.2, 0.25) is 0 Å². The lowest BCUT2D eigenvalue weighted by molar-refractivity contribution is 0.102. The molecular weight excluding hydrogens is 233 g/mol. The summed E-state index contributed by atoms with van der Waals surface area (Å²) < 4.78 is 18.5. The zero-order valence-electron chi connectivity index (χ0n) is 9.81. The maximum atomic E-state index is 13.6. The highest BCUT2D eigenvalue weighted by Gasteiger charge is 2.12. The van der Waals surface area contributed by atoms with Crippen molar-refractivity contribution < 1.29 is 13.9 Å². The molecule has 2 aromatic rings. The Balaban J connectivity index is 2.19. The summed E-state index contributed by atoms with van der Waals surface area (Å²) in [4.78, 5) is 11.8. The molecule has 2 rings (SSSR count). The summed E-state index contributed by atoms with van der Waals surface area (Å²) in [7, 11) is 1.44. The molecular formula is C14H12FNO2. The topological polar surface area (TPSA) is 38.3 Å². The van der Waals surface area contributed by atoms with Crippen molar-refractivity contribution in [3.8, 4) is 5.75 Å². The standard InChI is InChI=1S/C14H12FNO2/c1-18-11-7-8-12(13(15)9-11)14(17)16-10-5-3-2-4-6-10/h2-9H,1H3,(H,16,17). The third-order valence-electron chi connectivity index (χ3n) is 2.45. The molecule has 92 valence electrons. The van der Waals surface area contributed by atoms with Gasteiger partial charge in [0, 0.05) is 11.8 Å². The minimum atomic E-state index is -0.609. The number of hydrogen-bond acceptors (Lipinski definition) is 2. The molecule has 2 aromatic carbocycles. The molecule has 0 aromatic heterocycles. The molecule has 0 radical (unpaired) electrons. The summed E-state index contributed by atoms with van der Waals surface area (Å²) in [6, 6.07) is 13.0. The molecule has 1 N–H and O–H groups in total. The second-order valence-corrected chi connectivity index (χ2v) is 3.67. The number of amides is 1. The van der Waals surface area contributed by atoms with Crippen molar-refractivity contribution in [1.82, 2.24) is 0 Å². The van der Waals surface area contributed by atoms with Gasteiger partial charge in [-0.15, -0.1) is 0 Å². The molecule has 4 heteroatoms. The maximum Gasteiger partial charge on any atom is 0.258 e. The summed E-state index contributed by atoms with van der Waals surface area (Å²) in [6.45, 7) is 0. The molecule has 0 aliphatic rings. The Hall–Kier alpha value is -2.36. The van der Waals surface area contributed by atoms with Crippen molar-refractivity contribution in [1.29, 1.82) is 0 Å². The number of halogens is 1. The summed E-state index contributed by atoms with van der Waals surface area (Å²) in [6.07, 6.45) is 0. The van der Waals surface area contributed by atoms with Crippen LogP contribution >= 0.6 is 0 Å². The summed E-state index contributed by atoms with van der Waals surface area (Å²) in [5.74, 6) is -0.715. The SMILES string of the molecule is COc1ccc(C(=O)Nc2ccccc2)c(F)c1. The zero-order chi connectivity index (χ0) is 13.0. The fraction of sp³-hybridized carbons (Fsp3) is 0.0714. The lowest BCUT2D eigenvalue weighted by atomic mass is 10.2. The van der Waals surface area contributed by atoms with E-state index in [0.717, 1.165) is 0 Å². The average Bonchev–Trinajstić information content (AvgIpc) is 2.39. The van der Waals surface area contributed by atoms with E-state index in [4.69, 9.17) is 4.74 Å². The lowest BCUT2D eigenvalue weighted by Crippen LogP contribution is -2.13. The number of hydrogen-bond donors (Lipinski definition) is 1. The van der Waals surface area contributed by atoms with Crippen molar-refractivity contribution in [2.45, 2.75) is 0 Å². The van der Waals surface area contributed by atoms with Crippen LogP contribution in [-0.4, -0.2) is 13.0 Å². The van der Waals surface area contributed by atoms with Crippen molar-refractivity contribution in [2.75, 3.05) is 12.4 Å². The number of benzene rings is 2. The number of ether oxygens (including phenoxy) is 1. The van der Waals surface area contributed by atoms with Crippen LogP contribution in [0.1, 0.15) is 10.4 Å². The third-order valence-corrected chi connectivity index (χ3v) is 2.45. The second-order valence-electron chi connectivity index (χ2n) is 3.67. The van der Waals surface area contributed by atoms with Crippen LogP contribution < -0.4 is 10.1 Å². The van der Waals surface area contributed by atoms with Gasteiger partial charge in [0.25, 0.3) is 5.91 Å². The molecule has 3 nitrogen and oxygen atoms in total. The molecule has 0 aliphatic heterocycles. The first-order chi connectivity index (χ1) is 8.70. The average molecular weight is 245 g/mol. The van der Waals surface area contributed by atoms with Crippen molar-refractivity contribution in [3.63, 3.8) is 0 Å². The van der Waals surface area contributed by atoms with Crippen molar-refractivity contribution >= 4 is 11.6 Å². The largest absolute Gasteiger partial charge is 0.497 e. The van der Waals surface area contributed by atoms with Gasteiger partial charge in [-0.1, -0.05) is 18.2 Å². The van der Waals surface area contributed by atoms with E-state index in [9.17, 15) is 9.18 Å². The van der Waals surface area contributed by atoms with E-state index in [2.05, 4.69) is 5.32 Å². The van der Waals surface area contributed by atoms with Gasteiger partial charge in [-0.05, 0) is 24.3 Å². The van der Waals surface area contributed by atoms with Crippen LogP contribution in [0, 0.1) is 5.82 Å². The van der Waals surface area contributed by atoms with E-state index in [-0.39, 0.29) is 5.56 Å². The van der Waals surface area contributed by atoms with Gasteiger partial charge < -0.3 is 10.1 Å². The second kappa shape index (κ2) is 5.31. The van der Waals surface area contributed by atoms with E-state index < -0.39 is 11.7 Å². The van der Waals surface area contributed by atoms with Crippen molar-refractivity contribution in [2.24, 2.45) is 0 Å². The van der Waals surface area contributed by atoms with E-state index in [0.29, 0.717) is 11.4 Å². The van der Waals surface area contributed by atoms with Gasteiger partial charge in [0.05, 0.1) is 12.7 Å². The van der Waals surface area contributed by atoms with Crippen molar-refractivity contribution in [3.05, 3.63) is 59.9 Å². The first kappa shape index (κ1) is 12.1. The Labute approximate surface area is 104 Å². The number of nitrogens with one attached hydrogen (secondary N) is 1. The first-order valence-electron chi connectivity index (χ1n) is 5.40. The molecule has 18 heavy (non-hydrogen) atoms. The molecule has 0 bridgehead atoms. The predicted octanol–water partition coefficient (Wildman–Crippen LogP) is 3.09. The Morgan fingerprint density at radius 1 is 1.17 bits per heavy atom. The van der Waals surface area contributed by atoms with Crippen LogP contribution in [-0.2, 0) is 0 Å². The number of methoxy groups -OCH3 is 1. The van der Waals surface area contributed by atoms with Gasteiger partial charge in [0.15, 0.2) is 0 Å². The Bertz CT molecular complexity index is 555. The molecule has 0 spiro atoms. The monoisotopic (exact) mass is 245 g/mol. The van der Waals surface area contributed by atoms with Crippen LogP contribution in [0.5, 0.6) is 5.75 Å². The minimum absolute atomic E-state index is 0.0142. The van der Waals surface area contributed by atoms with Gasteiger partial charge in [0.1, 0.15) is 11.6 Å². The normalized spacial score (nSPS) is 9.89. The Morgan fingerprint density at radius 3 is 2.50 bits per heavy atom.